The van der Waals surface area contributed by atoms with Crippen molar-refractivity contribution in [3.63, 3.8) is 0 Å². The molecule has 3 rings (SSSR count). The summed E-state index contributed by atoms with van der Waals surface area (Å²) in [7, 11) is 0. The van der Waals surface area contributed by atoms with Gasteiger partial charge in [0, 0.05) is 39.3 Å². The highest BCUT2D eigenvalue weighted by molar-refractivity contribution is 5.78. The third-order valence-corrected chi connectivity index (χ3v) is 4.96. The highest BCUT2D eigenvalue weighted by Crippen LogP contribution is 2.18. The Morgan fingerprint density at radius 1 is 1.12 bits per heavy atom. The number of likely N-dealkylation sites (tertiary alicyclic amines) is 1. The van der Waals surface area contributed by atoms with Crippen LogP contribution in [0.15, 0.2) is 30.3 Å². The van der Waals surface area contributed by atoms with E-state index in [1.165, 1.54) is 5.56 Å². The van der Waals surface area contributed by atoms with Crippen LogP contribution in [0, 0.1) is 5.92 Å². The Hall–Kier alpha value is -1.43. The van der Waals surface area contributed by atoms with E-state index in [2.05, 4.69) is 39.4 Å². The number of rotatable bonds is 6. The van der Waals surface area contributed by atoms with E-state index in [1.54, 1.807) is 0 Å². The molecule has 132 valence electrons. The summed E-state index contributed by atoms with van der Waals surface area (Å²) in [5, 5.41) is 3.14. The van der Waals surface area contributed by atoms with Crippen molar-refractivity contribution >= 4 is 5.91 Å². The lowest BCUT2D eigenvalue weighted by atomic mass is 9.96. The van der Waals surface area contributed by atoms with Crippen molar-refractivity contribution in [1.29, 1.82) is 0 Å². The zero-order chi connectivity index (χ0) is 16.6. The fraction of sp³-hybridized carbons (Fsp3) is 0.632. The van der Waals surface area contributed by atoms with Crippen LogP contribution in [0.2, 0.25) is 0 Å². The summed E-state index contributed by atoms with van der Waals surface area (Å²) >= 11 is 0. The molecule has 0 aromatic heterocycles. The van der Waals surface area contributed by atoms with Crippen LogP contribution in [0.1, 0.15) is 18.4 Å². The van der Waals surface area contributed by atoms with Crippen LogP contribution in [0.25, 0.3) is 0 Å². The van der Waals surface area contributed by atoms with Crippen LogP contribution >= 0.6 is 0 Å². The van der Waals surface area contributed by atoms with E-state index in [1.807, 2.05) is 6.07 Å². The van der Waals surface area contributed by atoms with E-state index < -0.39 is 0 Å². The van der Waals surface area contributed by atoms with Gasteiger partial charge in [0.05, 0.1) is 19.1 Å². The molecule has 0 aliphatic carbocycles. The molecule has 1 unspecified atom stereocenters. The molecule has 5 nitrogen and oxygen atoms in total. The third-order valence-electron chi connectivity index (χ3n) is 4.96. The SMILES string of the molecule is O=C(NCCN1CCOCC1)C1CCCN(Cc2ccccc2)C1. The number of amides is 1. The van der Waals surface area contributed by atoms with Crippen LogP contribution in [0.5, 0.6) is 0 Å². The average Bonchev–Trinajstić information content (AvgIpc) is 2.64. The highest BCUT2D eigenvalue weighted by atomic mass is 16.5. The largest absolute Gasteiger partial charge is 0.379 e. The number of hydrogen-bond acceptors (Lipinski definition) is 4. The lowest BCUT2D eigenvalue weighted by molar-refractivity contribution is -0.126. The Morgan fingerprint density at radius 2 is 1.92 bits per heavy atom. The number of hydrogen-bond donors (Lipinski definition) is 1. The lowest BCUT2D eigenvalue weighted by Gasteiger charge is -2.32. The van der Waals surface area contributed by atoms with Crippen molar-refractivity contribution in [3.8, 4) is 0 Å². The van der Waals surface area contributed by atoms with Crippen LogP contribution < -0.4 is 5.32 Å². The molecule has 2 saturated heterocycles. The maximum absolute atomic E-state index is 12.5. The molecule has 0 radical (unpaired) electrons. The van der Waals surface area contributed by atoms with Crippen LogP contribution in [0.3, 0.4) is 0 Å². The van der Waals surface area contributed by atoms with Gasteiger partial charge in [0.1, 0.15) is 0 Å². The van der Waals surface area contributed by atoms with Gasteiger partial charge < -0.3 is 10.1 Å². The second-order valence-electron chi connectivity index (χ2n) is 6.80. The quantitative estimate of drug-likeness (QED) is 0.855. The van der Waals surface area contributed by atoms with Gasteiger partial charge in [0.15, 0.2) is 0 Å². The number of carbonyl (C=O) groups is 1. The van der Waals surface area contributed by atoms with Gasteiger partial charge in [-0.15, -0.1) is 0 Å². The van der Waals surface area contributed by atoms with E-state index in [-0.39, 0.29) is 11.8 Å². The fourth-order valence-electron chi connectivity index (χ4n) is 3.56. The molecule has 0 bridgehead atoms. The fourth-order valence-corrected chi connectivity index (χ4v) is 3.56. The summed E-state index contributed by atoms with van der Waals surface area (Å²) in [5.41, 5.74) is 1.32. The van der Waals surface area contributed by atoms with E-state index in [4.69, 9.17) is 4.74 Å². The molecule has 2 aliphatic rings. The molecule has 5 heteroatoms. The number of carbonyl (C=O) groups excluding carboxylic acids is 1. The first kappa shape index (κ1) is 17.4. The van der Waals surface area contributed by atoms with Crippen molar-refractivity contribution in [2.24, 2.45) is 5.92 Å². The molecule has 1 aromatic rings. The predicted molar refractivity (Wildman–Crippen MR) is 94.7 cm³/mol. The monoisotopic (exact) mass is 331 g/mol. The van der Waals surface area contributed by atoms with Gasteiger partial charge in [-0.25, -0.2) is 0 Å². The minimum absolute atomic E-state index is 0.132. The summed E-state index contributed by atoms with van der Waals surface area (Å²) in [5.74, 6) is 0.355. The highest BCUT2D eigenvalue weighted by Gasteiger charge is 2.25. The number of nitrogens with zero attached hydrogens (tertiary/aromatic N) is 2. The van der Waals surface area contributed by atoms with Crippen molar-refractivity contribution < 1.29 is 9.53 Å². The first-order valence-electron chi connectivity index (χ1n) is 9.15. The zero-order valence-electron chi connectivity index (χ0n) is 14.5. The Balaban J connectivity index is 1.39. The van der Waals surface area contributed by atoms with Gasteiger partial charge >= 0.3 is 0 Å². The molecule has 1 N–H and O–H groups in total. The van der Waals surface area contributed by atoms with Gasteiger partial charge in [-0.3, -0.25) is 14.6 Å². The predicted octanol–water partition coefficient (Wildman–Crippen LogP) is 1.35. The summed E-state index contributed by atoms with van der Waals surface area (Å²) in [6, 6.07) is 10.5. The van der Waals surface area contributed by atoms with Gasteiger partial charge in [0.2, 0.25) is 5.91 Å². The van der Waals surface area contributed by atoms with Crippen molar-refractivity contribution in [3.05, 3.63) is 35.9 Å². The molecular weight excluding hydrogens is 302 g/mol. The van der Waals surface area contributed by atoms with Crippen molar-refractivity contribution in [1.82, 2.24) is 15.1 Å². The molecule has 2 heterocycles. The van der Waals surface area contributed by atoms with E-state index >= 15 is 0 Å². The standard InChI is InChI=1S/C19H29N3O2/c23-19(20-8-10-21-11-13-24-14-12-21)18-7-4-9-22(16-18)15-17-5-2-1-3-6-17/h1-3,5-6,18H,4,7-16H2,(H,20,23). The summed E-state index contributed by atoms with van der Waals surface area (Å²) in [6.45, 7) is 8.15. The Bertz CT molecular complexity index is 503. The maximum atomic E-state index is 12.5. The molecule has 2 fully saturated rings. The second kappa shape index (κ2) is 9.16. The second-order valence-corrected chi connectivity index (χ2v) is 6.80. The summed E-state index contributed by atoms with van der Waals surface area (Å²) < 4.78 is 5.35. The summed E-state index contributed by atoms with van der Waals surface area (Å²) in [6.07, 6.45) is 2.11. The van der Waals surface area contributed by atoms with E-state index in [0.29, 0.717) is 0 Å². The summed E-state index contributed by atoms with van der Waals surface area (Å²) in [4.78, 5) is 17.2. The molecule has 1 atom stereocenters. The molecule has 0 saturated carbocycles. The minimum atomic E-state index is 0.132. The van der Waals surface area contributed by atoms with Crippen LogP contribution in [-0.4, -0.2) is 68.2 Å². The van der Waals surface area contributed by atoms with Gasteiger partial charge in [-0.1, -0.05) is 30.3 Å². The number of piperidine rings is 1. The van der Waals surface area contributed by atoms with Crippen LogP contribution in [0.4, 0.5) is 0 Å². The molecule has 1 aromatic carbocycles. The normalized spacial score (nSPS) is 23.1. The minimum Gasteiger partial charge on any atom is -0.379 e. The van der Waals surface area contributed by atoms with Gasteiger partial charge in [-0.05, 0) is 24.9 Å². The average molecular weight is 331 g/mol. The Labute approximate surface area is 145 Å². The smallest absolute Gasteiger partial charge is 0.224 e. The van der Waals surface area contributed by atoms with E-state index in [9.17, 15) is 4.79 Å². The van der Waals surface area contributed by atoms with Crippen molar-refractivity contribution in [2.45, 2.75) is 19.4 Å². The molecular formula is C19H29N3O2. The molecule has 2 aliphatic heterocycles. The maximum Gasteiger partial charge on any atom is 0.224 e. The molecule has 0 spiro atoms. The molecule has 1 amide bonds. The van der Waals surface area contributed by atoms with Crippen LogP contribution in [-0.2, 0) is 16.1 Å². The molecule has 24 heavy (non-hydrogen) atoms. The first-order valence-corrected chi connectivity index (χ1v) is 9.15. The lowest BCUT2D eigenvalue weighted by Crippen LogP contribution is -2.45. The number of benzene rings is 1. The van der Waals surface area contributed by atoms with Crippen molar-refractivity contribution in [2.75, 3.05) is 52.5 Å². The Kier molecular flexibility index (Phi) is 6.64. The van der Waals surface area contributed by atoms with E-state index in [0.717, 1.165) is 71.9 Å². The number of ether oxygens (including phenoxy) is 1. The first-order chi connectivity index (χ1) is 11.8. The zero-order valence-corrected chi connectivity index (χ0v) is 14.5. The number of nitrogens with one attached hydrogen (secondary N) is 1. The topological polar surface area (TPSA) is 44.8 Å². The van der Waals surface area contributed by atoms with Gasteiger partial charge in [0.25, 0.3) is 0 Å². The number of morpholine rings is 1. The third kappa shape index (κ3) is 5.30. The Morgan fingerprint density at radius 3 is 2.71 bits per heavy atom. The van der Waals surface area contributed by atoms with Gasteiger partial charge in [-0.2, -0.15) is 0 Å².